The molecule has 0 fully saturated rings. The Labute approximate surface area is 111 Å². The minimum absolute atomic E-state index is 0.0869. The summed E-state index contributed by atoms with van der Waals surface area (Å²) in [5, 5.41) is 0. The molecule has 2 N–H and O–H groups in total. The molecule has 3 nitrogen and oxygen atoms in total. The van der Waals surface area contributed by atoms with Gasteiger partial charge in [0.15, 0.2) is 4.77 Å². The zero-order chi connectivity index (χ0) is 13.1. The molecular weight excluding hydrogens is 244 g/mol. The largest absolute Gasteiger partial charge is 0.336 e. The van der Waals surface area contributed by atoms with Crippen molar-refractivity contribution in [3.8, 4) is 0 Å². The van der Waals surface area contributed by atoms with Gasteiger partial charge in [-0.25, -0.2) is 0 Å². The van der Waals surface area contributed by atoms with E-state index >= 15 is 0 Å². The van der Waals surface area contributed by atoms with Crippen LogP contribution in [0.25, 0.3) is 0 Å². The standard InChI is InChI=1S/C14H16N2OS/c1-3-12-11(13(17)16-14(18)15-12)8-10-6-4-9(2)5-7-10/h4-7H,3,8H2,1-2H3,(H2,15,16,17,18). The molecule has 0 amide bonds. The molecule has 0 aliphatic carbocycles. The fourth-order valence-electron chi connectivity index (χ4n) is 1.96. The monoisotopic (exact) mass is 260 g/mol. The van der Waals surface area contributed by atoms with Crippen LogP contribution < -0.4 is 5.56 Å². The lowest BCUT2D eigenvalue weighted by Gasteiger charge is -2.07. The van der Waals surface area contributed by atoms with Gasteiger partial charge < -0.3 is 4.98 Å². The number of benzene rings is 1. The number of nitrogens with one attached hydrogen (secondary N) is 2. The van der Waals surface area contributed by atoms with Crippen molar-refractivity contribution in [2.24, 2.45) is 0 Å². The van der Waals surface area contributed by atoms with Gasteiger partial charge in [-0.05, 0) is 31.1 Å². The molecule has 0 aliphatic heterocycles. The summed E-state index contributed by atoms with van der Waals surface area (Å²) in [7, 11) is 0. The Balaban J connectivity index is 2.42. The minimum atomic E-state index is -0.0869. The number of rotatable bonds is 3. The Morgan fingerprint density at radius 2 is 1.83 bits per heavy atom. The number of aromatic nitrogens is 2. The van der Waals surface area contributed by atoms with Crippen molar-refractivity contribution in [3.05, 3.63) is 61.8 Å². The topological polar surface area (TPSA) is 48.6 Å². The molecule has 2 rings (SSSR count). The van der Waals surface area contributed by atoms with E-state index in [1.165, 1.54) is 5.56 Å². The number of hydrogen-bond acceptors (Lipinski definition) is 2. The fourth-order valence-corrected chi connectivity index (χ4v) is 2.17. The average molecular weight is 260 g/mol. The van der Waals surface area contributed by atoms with Gasteiger partial charge in [-0.1, -0.05) is 36.8 Å². The van der Waals surface area contributed by atoms with Crippen LogP contribution in [0.5, 0.6) is 0 Å². The van der Waals surface area contributed by atoms with E-state index in [2.05, 4.69) is 34.2 Å². The zero-order valence-electron chi connectivity index (χ0n) is 10.5. The molecule has 0 aliphatic rings. The first kappa shape index (κ1) is 12.8. The molecular formula is C14H16N2OS. The maximum atomic E-state index is 11.9. The van der Waals surface area contributed by atoms with Crippen LogP contribution in [0.3, 0.4) is 0 Å². The molecule has 0 atom stereocenters. The summed E-state index contributed by atoms with van der Waals surface area (Å²) >= 11 is 4.98. The second kappa shape index (κ2) is 5.31. The summed E-state index contributed by atoms with van der Waals surface area (Å²) in [5.41, 5.74) is 3.96. The highest BCUT2D eigenvalue weighted by Crippen LogP contribution is 2.10. The lowest BCUT2D eigenvalue weighted by molar-refractivity contribution is 0.907. The van der Waals surface area contributed by atoms with Gasteiger partial charge in [0.25, 0.3) is 5.56 Å². The first-order valence-corrected chi connectivity index (χ1v) is 6.41. The molecule has 94 valence electrons. The van der Waals surface area contributed by atoms with Crippen LogP contribution in [0.4, 0.5) is 0 Å². The highest BCUT2D eigenvalue weighted by atomic mass is 32.1. The lowest BCUT2D eigenvalue weighted by atomic mass is 10.0. The van der Waals surface area contributed by atoms with Gasteiger partial charge in [-0.3, -0.25) is 9.78 Å². The van der Waals surface area contributed by atoms with Crippen LogP contribution in [0.2, 0.25) is 0 Å². The van der Waals surface area contributed by atoms with Crippen molar-refractivity contribution in [2.45, 2.75) is 26.7 Å². The minimum Gasteiger partial charge on any atom is -0.336 e. The van der Waals surface area contributed by atoms with Gasteiger partial charge in [-0.2, -0.15) is 0 Å². The third kappa shape index (κ3) is 2.76. The third-order valence-electron chi connectivity index (χ3n) is 2.98. The van der Waals surface area contributed by atoms with Crippen LogP contribution in [-0.2, 0) is 12.8 Å². The molecule has 0 spiro atoms. The first-order valence-electron chi connectivity index (χ1n) is 6.00. The van der Waals surface area contributed by atoms with Crippen molar-refractivity contribution in [1.29, 1.82) is 0 Å². The summed E-state index contributed by atoms with van der Waals surface area (Å²) in [6, 6.07) is 8.21. The quantitative estimate of drug-likeness (QED) is 0.834. The molecule has 0 saturated heterocycles. The van der Waals surface area contributed by atoms with E-state index in [0.717, 1.165) is 23.2 Å². The lowest BCUT2D eigenvalue weighted by Crippen LogP contribution is -2.18. The summed E-state index contributed by atoms with van der Waals surface area (Å²) in [6.07, 6.45) is 1.40. The van der Waals surface area contributed by atoms with Crippen molar-refractivity contribution in [3.63, 3.8) is 0 Å². The predicted octanol–water partition coefficient (Wildman–Crippen LogP) is 2.89. The Bertz CT molecular complexity index is 653. The summed E-state index contributed by atoms with van der Waals surface area (Å²) in [6.45, 7) is 4.06. The molecule has 2 aromatic rings. The molecule has 1 aromatic heterocycles. The number of aromatic amines is 2. The van der Waals surface area contributed by atoms with Crippen molar-refractivity contribution in [2.75, 3.05) is 0 Å². The van der Waals surface area contributed by atoms with Crippen molar-refractivity contribution in [1.82, 2.24) is 9.97 Å². The highest BCUT2D eigenvalue weighted by molar-refractivity contribution is 7.71. The predicted molar refractivity (Wildman–Crippen MR) is 75.6 cm³/mol. The summed E-state index contributed by atoms with van der Waals surface area (Å²) < 4.78 is 0.393. The van der Waals surface area contributed by atoms with E-state index < -0.39 is 0 Å². The van der Waals surface area contributed by atoms with E-state index in [4.69, 9.17) is 12.2 Å². The van der Waals surface area contributed by atoms with E-state index in [1.54, 1.807) is 0 Å². The van der Waals surface area contributed by atoms with Crippen LogP contribution in [0.1, 0.15) is 29.3 Å². The van der Waals surface area contributed by atoms with Gasteiger partial charge in [-0.15, -0.1) is 0 Å². The Morgan fingerprint density at radius 3 is 2.44 bits per heavy atom. The van der Waals surface area contributed by atoms with Crippen molar-refractivity contribution < 1.29 is 0 Å². The van der Waals surface area contributed by atoms with Gasteiger partial charge >= 0.3 is 0 Å². The second-order valence-corrected chi connectivity index (χ2v) is 4.79. The maximum Gasteiger partial charge on any atom is 0.255 e. The van der Waals surface area contributed by atoms with E-state index in [1.807, 2.05) is 13.8 Å². The maximum absolute atomic E-state index is 11.9. The van der Waals surface area contributed by atoms with Gasteiger partial charge in [0.1, 0.15) is 0 Å². The van der Waals surface area contributed by atoms with E-state index in [9.17, 15) is 4.79 Å². The summed E-state index contributed by atoms with van der Waals surface area (Å²) in [4.78, 5) is 17.7. The van der Waals surface area contributed by atoms with Crippen LogP contribution in [0, 0.1) is 11.7 Å². The first-order chi connectivity index (χ1) is 8.60. The van der Waals surface area contributed by atoms with Crippen LogP contribution in [-0.4, -0.2) is 9.97 Å². The highest BCUT2D eigenvalue weighted by Gasteiger charge is 2.07. The molecule has 0 radical (unpaired) electrons. The van der Waals surface area contributed by atoms with E-state index in [0.29, 0.717) is 11.2 Å². The molecule has 4 heteroatoms. The Morgan fingerprint density at radius 1 is 1.17 bits per heavy atom. The molecule has 0 bridgehead atoms. The van der Waals surface area contributed by atoms with Gasteiger partial charge in [0.2, 0.25) is 0 Å². The van der Waals surface area contributed by atoms with Crippen LogP contribution >= 0.6 is 12.2 Å². The number of H-pyrrole nitrogens is 2. The van der Waals surface area contributed by atoms with Gasteiger partial charge in [0, 0.05) is 17.7 Å². The third-order valence-corrected chi connectivity index (χ3v) is 3.19. The Kier molecular flexibility index (Phi) is 3.77. The SMILES string of the molecule is CCc1[nH]c(=S)[nH]c(=O)c1Cc1ccc(C)cc1. The zero-order valence-corrected chi connectivity index (χ0v) is 11.4. The van der Waals surface area contributed by atoms with Crippen LogP contribution in [0.15, 0.2) is 29.1 Å². The molecule has 18 heavy (non-hydrogen) atoms. The normalized spacial score (nSPS) is 10.6. The molecule has 0 unspecified atom stereocenters. The van der Waals surface area contributed by atoms with E-state index in [-0.39, 0.29) is 5.56 Å². The van der Waals surface area contributed by atoms with Crippen molar-refractivity contribution >= 4 is 12.2 Å². The summed E-state index contributed by atoms with van der Waals surface area (Å²) in [5.74, 6) is 0. The average Bonchev–Trinajstić information content (AvgIpc) is 2.34. The smallest absolute Gasteiger partial charge is 0.255 e. The fraction of sp³-hybridized carbons (Fsp3) is 0.286. The number of hydrogen-bond donors (Lipinski definition) is 2. The number of aryl methyl sites for hydroxylation is 2. The molecule has 1 heterocycles. The molecule has 1 aromatic carbocycles. The van der Waals surface area contributed by atoms with Gasteiger partial charge in [0.05, 0.1) is 0 Å². The second-order valence-electron chi connectivity index (χ2n) is 4.38. The Hall–Kier alpha value is -1.68. The molecule has 0 saturated carbocycles.